The smallest absolute Gasteiger partial charge is 0.313 e. The SMILES string of the molecule is CC/C=C\CCCCCCCCCC(=O)OC(C)=O. The van der Waals surface area contributed by atoms with E-state index in [-0.39, 0.29) is 0 Å². The van der Waals surface area contributed by atoms with Gasteiger partial charge in [-0.2, -0.15) is 0 Å². The van der Waals surface area contributed by atoms with Gasteiger partial charge in [-0.25, -0.2) is 0 Å². The van der Waals surface area contributed by atoms with E-state index in [2.05, 4.69) is 23.8 Å². The van der Waals surface area contributed by atoms with Crippen LogP contribution in [0, 0.1) is 0 Å². The van der Waals surface area contributed by atoms with Crippen LogP contribution in [-0.4, -0.2) is 11.9 Å². The summed E-state index contributed by atoms with van der Waals surface area (Å²) in [5.41, 5.74) is 0. The third-order valence-electron chi connectivity index (χ3n) is 2.91. The van der Waals surface area contributed by atoms with Crippen LogP contribution in [0.15, 0.2) is 12.2 Å². The second-order valence-electron chi connectivity index (χ2n) is 4.86. The van der Waals surface area contributed by atoms with Crippen molar-refractivity contribution in [3.63, 3.8) is 0 Å². The fraction of sp³-hybridized carbons (Fsp3) is 0.750. The van der Waals surface area contributed by atoms with Crippen LogP contribution in [-0.2, 0) is 14.3 Å². The van der Waals surface area contributed by atoms with E-state index in [1.165, 1.54) is 39.0 Å². The Morgan fingerprint density at radius 1 is 0.895 bits per heavy atom. The number of allylic oxidation sites excluding steroid dienone is 2. The second kappa shape index (κ2) is 13.3. The second-order valence-corrected chi connectivity index (χ2v) is 4.86. The Morgan fingerprint density at radius 2 is 1.47 bits per heavy atom. The van der Waals surface area contributed by atoms with Crippen molar-refractivity contribution in [1.82, 2.24) is 0 Å². The van der Waals surface area contributed by atoms with Crippen molar-refractivity contribution in [2.24, 2.45) is 0 Å². The lowest BCUT2D eigenvalue weighted by Gasteiger charge is -2.01. The summed E-state index contributed by atoms with van der Waals surface area (Å²) in [6.07, 6.45) is 15.3. The van der Waals surface area contributed by atoms with E-state index >= 15 is 0 Å². The molecule has 0 aliphatic carbocycles. The summed E-state index contributed by atoms with van der Waals surface area (Å²) < 4.78 is 4.46. The van der Waals surface area contributed by atoms with E-state index < -0.39 is 11.9 Å². The van der Waals surface area contributed by atoms with Crippen LogP contribution in [0.3, 0.4) is 0 Å². The normalized spacial score (nSPS) is 10.8. The fourth-order valence-corrected chi connectivity index (χ4v) is 1.91. The standard InChI is InChI=1S/C16H28O3/c1-3-4-5-6-7-8-9-10-11-12-13-14-16(18)19-15(2)17/h4-5H,3,6-14H2,1-2H3/b5-4-. The Kier molecular flexibility index (Phi) is 12.5. The summed E-state index contributed by atoms with van der Waals surface area (Å²) in [5.74, 6) is -0.905. The monoisotopic (exact) mass is 268 g/mol. The number of hydrogen-bond acceptors (Lipinski definition) is 3. The van der Waals surface area contributed by atoms with Gasteiger partial charge in [0.05, 0.1) is 0 Å². The largest absolute Gasteiger partial charge is 0.393 e. The van der Waals surface area contributed by atoms with Crippen LogP contribution in [0.4, 0.5) is 0 Å². The lowest BCUT2D eigenvalue weighted by molar-refractivity contribution is -0.158. The summed E-state index contributed by atoms with van der Waals surface area (Å²) in [4.78, 5) is 21.6. The van der Waals surface area contributed by atoms with E-state index in [0.29, 0.717) is 6.42 Å². The number of unbranched alkanes of at least 4 members (excludes halogenated alkanes) is 7. The molecule has 3 heteroatoms. The van der Waals surface area contributed by atoms with Crippen LogP contribution in [0.1, 0.15) is 78.1 Å². The van der Waals surface area contributed by atoms with Crippen LogP contribution in [0.5, 0.6) is 0 Å². The number of carbonyl (C=O) groups is 2. The first-order chi connectivity index (χ1) is 9.16. The summed E-state index contributed by atoms with van der Waals surface area (Å²) in [5, 5.41) is 0. The van der Waals surface area contributed by atoms with Gasteiger partial charge in [-0.1, -0.05) is 51.2 Å². The third-order valence-corrected chi connectivity index (χ3v) is 2.91. The van der Waals surface area contributed by atoms with E-state index in [9.17, 15) is 9.59 Å². The number of hydrogen-bond donors (Lipinski definition) is 0. The molecule has 0 spiro atoms. The molecular weight excluding hydrogens is 240 g/mol. The Balaban J connectivity index is 3.16. The summed E-state index contributed by atoms with van der Waals surface area (Å²) in [7, 11) is 0. The number of rotatable bonds is 11. The summed E-state index contributed by atoms with van der Waals surface area (Å²) in [6.45, 7) is 3.41. The molecule has 0 aromatic carbocycles. The molecule has 0 aromatic heterocycles. The Hall–Kier alpha value is -1.12. The highest BCUT2D eigenvalue weighted by molar-refractivity contribution is 5.83. The minimum atomic E-state index is -0.512. The molecule has 0 saturated heterocycles. The lowest BCUT2D eigenvalue weighted by atomic mass is 10.1. The van der Waals surface area contributed by atoms with Gasteiger partial charge in [0.1, 0.15) is 0 Å². The first kappa shape index (κ1) is 17.9. The van der Waals surface area contributed by atoms with Gasteiger partial charge >= 0.3 is 11.9 Å². The molecule has 0 amide bonds. The molecule has 0 aliphatic rings. The maximum absolute atomic E-state index is 11.1. The highest BCUT2D eigenvalue weighted by Gasteiger charge is 2.04. The van der Waals surface area contributed by atoms with Crippen molar-refractivity contribution in [3.05, 3.63) is 12.2 Å². The quantitative estimate of drug-likeness (QED) is 0.239. The van der Waals surface area contributed by atoms with Crippen LogP contribution in [0.2, 0.25) is 0 Å². The van der Waals surface area contributed by atoms with Crippen LogP contribution in [0.25, 0.3) is 0 Å². The molecule has 0 saturated carbocycles. The van der Waals surface area contributed by atoms with E-state index in [0.717, 1.165) is 25.7 Å². The van der Waals surface area contributed by atoms with E-state index in [4.69, 9.17) is 0 Å². The van der Waals surface area contributed by atoms with Gasteiger partial charge < -0.3 is 4.74 Å². The summed E-state index contributed by atoms with van der Waals surface area (Å²) >= 11 is 0. The zero-order valence-corrected chi connectivity index (χ0v) is 12.5. The van der Waals surface area contributed by atoms with Crippen LogP contribution < -0.4 is 0 Å². The predicted octanol–water partition coefficient (Wildman–Crippen LogP) is 4.55. The molecule has 0 rings (SSSR count). The first-order valence-electron chi connectivity index (χ1n) is 7.53. The molecule has 3 nitrogen and oxygen atoms in total. The van der Waals surface area contributed by atoms with Gasteiger partial charge in [0.25, 0.3) is 0 Å². The zero-order chi connectivity index (χ0) is 14.3. The average Bonchev–Trinajstić information content (AvgIpc) is 2.35. The average molecular weight is 268 g/mol. The zero-order valence-electron chi connectivity index (χ0n) is 12.5. The van der Waals surface area contributed by atoms with Gasteiger partial charge in [0.15, 0.2) is 0 Å². The maximum Gasteiger partial charge on any atom is 0.313 e. The number of ether oxygens (including phenoxy) is 1. The minimum Gasteiger partial charge on any atom is -0.393 e. The third kappa shape index (κ3) is 14.8. The molecule has 19 heavy (non-hydrogen) atoms. The molecule has 0 heterocycles. The van der Waals surface area contributed by atoms with Crippen molar-refractivity contribution >= 4 is 11.9 Å². The maximum atomic E-state index is 11.1. The lowest BCUT2D eigenvalue weighted by Crippen LogP contribution is -2.08. The molecule has 0 N–H and O–H groups in total. The number of esters is 2. The van der Waals surface area contributed by atoms with Gasteiger partial charge in [-0.05, 0) is 25.7 Å². The number of carbonyl (C=O) groups excluding carboxylic acids is 2. The van der Waals surface area contributed by atoms with Crippen molar-refractivity contribution in [1.29, 1.82) is 0 Å². The molecule has 110 valence electrons. The molecule has 0 unspecified atom stereocenters. The fourth-order valence-electron chi connectivity index (χ4n) is 1.91. The molecular formula is C16H28O3. The van der Waals surface area contributed by atoms with Crippen molar-refractivity contribution in [2.75, 3.05) is 0 Å². The van der Waals surface area contributed by atoms with Gasteiger partial charge in [0.2, 0.25) is 0 Å². The molecule has 0 aliphatic heterocycles. The Morgan fingerprint density at radius 3 is 2.05 bits per heavy atom. The van der Waals surface area contributed by atoms with E-state index in [1.54, 1.807) is 0 Å². The van der Waals surface area contributed by atoms with Gasteiger partial charge in [0, 0.05) is 13.3 Å². The topological polar surface area (TPSA) is 43.4 Å². The first-order valence-corrected chi connectivity index (χ1v) is 7.53. The van der Waals surface area contributed by atoms with Crippen molar-refractivity contribution < 1.29 is 14.3 Å². The van der Waals surface area contributed by atoms with Crippen molar-refractivity contribution in [3.8, 4) is 0 Å². The molecule has 0 fully saturated rings. The van der Waals surface area contributed by atoms with Crippen molar-refractivity contribution in [2.45, 2.75) is 78.1 Å². The Bertz CT molecular complexity index is 269. The Labute approximate surface area is 117 Å². The van der Waals surface area contributed by atoms with Crippen LogP contribution >= 0.6 is 0 Å². The van der Waals surface area contributed by atoms with Gasteiger partial charge in [-0.3, -0.25) is 9.59 Å². The summed E-state index contributed by atoms with van der Waals surface area (Å²) in [6, 6.07) is 0. The molecule has 0 aromatic rings. The highest BCUT2D eigenvalue weighted by atomic mass is 16.6. The molecule has 0 atom stereocenters. The molecule has 0 radical (unpaired) electrons. The predicted molar refractivity (Wildman–Crippen MR) is 77.8 cm³/mol. The van der Waals surface area contributed by atoms with Gasteiger partial charge in [-0.15, -0.1) is 0 Å². The highest BCUT2D eigenvalue weighted by Crippen LogP contribution is 2.10. The minimum absolute atomic E-state index is 0.362. The van der Waals surface area contributed by atoms with E-state index in [1.807, 2.05) is 0 Å². The molecule has 0 bridgehead atoms.